The van der Waals surface area contributed by atoms with E-state index in [1.54, 1.807) is 33.9 Å². The molecule has 9 heteroatoms. The summed E-state index contributed by atoms with van der Waals surface area (Å²) in [6.45, 7) is 2.43. The molecule has 4 aromatic heterocycles. The molecule has 0 bridgehead atoms. The highest BCUT2D eigenvalue weighted by Crippen LogP contribution is 2.29. The van der Waals surface area contributed by atoms with Crippen molar-refractivity contribution in [3.8, 4) is 16.9 Å². The molecule has 8 nitrogen and oxygen atoms in total. The van der Waals surface area contributed by atoms with Gasteiger partial charge in [-0.1, -0.05) is 11.3 Å². The van der Waals surface area contributed by atoms with Gasteiger partial charge in [-0.15, -0.1) is 5.10 Å². The van der Waals surface area contributed by atoms with Crippen molar-refractivity contribution in [2.45, 2.75) is 13.5 Å². The van der Waals surface area contributed by atoms with Crippen LogP contribution in [-0.2, 0) is 6.54 Å². The number of benzene rings is 2. The Bertz CT molecular complexity index is 1580. The van der Waals surface area contributed by atoms with Crippen molar-refractivity contribution in [3.05, 3.63) is 84.2 Å². The van der Waals surface area contributed by atoms with Crippen molar-refractivity contribution in [3.63, 3.8) is 0 Å². The minimum absolute atomic E-state index is 0.382. The molecule has 0 spiro atoms. The van der Waals surface area contributed by atoms with Gasteiger partial charge in [-0.2, -0.15) is 10.2 Å². The third-order valence-corrected chi connectivity index (χ3v) is 5.48. The highest BCUT2D eigenvalue weighted by Gasteiger charge is 2.17. The largest absolute Gasteiger partial charge is 0.278 e. The Kier molecular flexibility index (Phi) is 4.07. The van der Waals surface area contributed by atoms with Crippen LogP contribution in [-0.4, -0.2) is 40.0 Å². The van der Waals surface area contributed by atoms with Crippen LogP contribution in [0.4, 0.5) is 4.39 Å². The van der Waals surface area contributed by atoms with Crippen molar-refractivity contribution in [1.82, 2.24) is 40.0 Å². The van der Waals surface area contributed by atoms with Gasteiger partial charge in [0.2, 0.25) is 0 Å². The second kappa shape index (κ2) is 7.09. The van der Waals surface area contributed by atoms with Crippen LogP contribution in [0.25, 0.3) is 38.9 Å². The van der Waals surface area contributed by atoms with Gasteiger partial charge in [0.15, 0.2) is 0 Å². The second-order valence-electron chi connectivity index (χ2n) is 7.66. The number of rotatable bonds is 4. The van der Waals surface area contributed by atoms with Crippen molar-refractivity contribution in [2.24, 2.45) is 0 Å². The number of aromatic amines is 1. The quantitative estimate of drug-likeness (QED) is 0.461. The van der Waals surface area contributed by atoms with Gasteiger partial charge in [-0.25, -0.2) is 9.07 Å². The van der Waals surface area contributed by atoms with Crippen molar-refractivity contribution < 1.29 is 4.39 Å². The fourth-order valence-electron chi connectivity index (χ4n) is 3.82. The lowest BCUT2D eigenvalue weighted by Crippen LogP contribution is -2.06. The highest BCUT2D eigenvalue weighted by molar-refractivity contribution is 5.84. The average molecular weight is 424 g/mol. The Morgan fingerprint density at radius 2 is 1.97 bits per heavy atom. The van der Waals surface area contributed by atoms with E-state index in [1.807, 2.05) is 43.5 Å². The minimum atomic E-state index is -0.382. The molecule has 6 aromatic rings. The maximum absolute atomic E-state index is 15.1. The van der Waals surface area contributed by atoms with Crippen LogP contribution < -0.4 is 0 Å². The SMILES string of the molecule is Cc1ccc(Cn2nccc2-c2cc3c(cc2F)nnn3-c2ccc3cn[nH]c3c2)nc1. The summed E-state index contributed by atoms with van der Waals surface area (Å²) in [4.78, 5) is 4.44. The molecule has 1 N–H and O–H groups in total. The lowest BCUT2D eigenvalue weighted by Gasteiger charge is -2.09. The number of H-pyrrole nitrogens is 1. The Labute approximate surface area is 181 Å². The van der Waals surface area contributed by atoms with E-state index in [2.05, 4.69) is 30.6 Å². The molecule has 32 heavy (non-hydrogen) atoms. The molecule has 0 radical (unpaired) electrons. The van der Waals surface area contributed by atoms with E-state index in [0.29, 0.717) is 28.8 Å². The minimum Gasteiger partial charge on any atom is -0.278 e. The average Bonchev–Trinajstić information content (AvgIpc) is 3.53. The zero-order chi connectivity index (χ0) is 21.7. The van der Waals surface area contributed by atoms with Gasteiger partial charge in [-0.3, -0.25) is 14.8 Å². The molecule has 0 aliphatic carbocycles. The van der Waals surface area contributed by atoms with E-state index >= 15 is 4.39 Å². The van der Waals surface area contributed by atoms with Crippen molar-refractivity contribution >= 4 is 21.9 Å². The molecular formula is C23H17FN8. The number of aryl methyl sites for hydroxylation is 1. The topological polar surface area (TPSA) is 90.1 Å². The predicted octanol–water partition coefficient (Wildman–Crippen LogP) is 4.05. The Morgan fingerprint density at radius 1 is 1.03 bits per heavy atom. The number of aromatic nitrogens is 8. The molecule has 0 amide bonds. The number of halogens is 1. The fourth-order valence-corrected chi connectivity index (χ4v) is 3.82. The first-order valence-corrected chi connectivity index (χ1v) is 10.1. The van der Waals surface area contributed by atoms with Crippen LogP contribution in [0.1, 0.15) is 11.3 Å². The van der Waals surface area contributed by atoms with Crippen LogP contribution in [0, 0.1) is 12.7 Å². The number of fused-ring (bicyclic) bond motifs is 2. The molecule has 0 aliphatic rings. The normalized spacial score (nSPS) is 11.6. The van der Waals surface area contributed by atoms with Crippen LogP contribution >= 0.6 is 0 Å². The summed E-state index contributed by atoms with van der Waals surface area (Å²) in [6, 6.07) is 14.7. The monoisotopic (exact) mass is 424 g/mol. The summed E-state index contributed by atoms with van der Waals surface area (Å²) in [5.41, 5.74) is 5.87. The molecule has 156 valence electrons. The second-order valence-corrected chi connectivity index (χ2v) is 7.66. The van der Waals surface area contributed by atoms with Crippen LogP contribution in [0.5, 0.6) is 0 Å². The molecule has 0 atom stereocenters. The molecule has 6 rings (SSSR count). The third-order valence-electron chi connectivity index (χ3n) is 5.48. The first-order chi connectivity index (χ1) is 15.7. The third kappa shape index (κ3) is 3.02. The molecule has 0 saturated heterocycles. The van der Waals surface area contributed by atoms with Crippen LogP contribution in [0.15, 0.2) is 67.1 Å². The molecule has 4 heterocycles. The van der Waals surface area contributed by atoms with E-state index in [-0.39, 0.29) is 5.82 Å². The lowest BCUT2D eigenvalue weighted by atomic mass is 10.1. The van der Waals surface area contributed by atoms with Crippen molar-refractivity contribution in [1.29, 1.82) is 0 Å². The van der Waals surface area contributed by atoms with Crippen LogP contribution in [0.2, 0.25) is 0 Å². The molecule has 0 saturated carbocycles. The predicted molar refractivity (Wildman–Crippen MR) is 118 cm³/mol. The van der Waals surface area contributed by atoms with Crippen molar-refractivity contribution in [2.75, 3.05) is 0 Å². The molecule has 2 aromatic carbocycles. The highest BCUT2D eigenvalue weighted by atomic mass is 19.1. The summed E-state index contributed by atoms with van der Waals surface area (Å²) in [5.74, 6) is -0.382. The van der Waals surface area contributed by atoms with Gasteiger partial charge in [0.25, 0.3) is 0 Å². The van der Waals surface area contributed by atoms with E-state index in [9.17, 15) is 0 Å². The summed E-state index contributed by atoms with van der Waals surface area (Å²) in [5, 5.41) is 20.8. The lowest BCUT2D eigenvalue weighted by molar-refractivity contribution is 0.625. The Balaban J connectivity index is 1.45. The molecular weight excluding hydrogens is 407 g/mol. The van der Waals surface area contributed by atoms with E-state index in [0.717, 1.165) is 27.8 Å². The van der Waals surface area contributed by atoms with E-state index < -0.39 is 0 Å². The van der Waals surface area contributed by atoms with Gasteiger partial charge < -0.3 is 0 Å². The first-order valence-electron chi connectivity index (χ1n) is 10.1. The molecule has 0 fully saturated rings. The summed E-state index contributed by atoms with van der Waals surface area (Å²) < 4.78 is 18.5. The number of pyridine rings is 1. The van der Waals surface area contributed by atoms with E-state index in [1.165, 1.54) is 6.07 Å². The Morgan fingerprint density at radius 3 is 2.84 bits per heavy atom. The van der Waals surface area contributed by atoms with E-state index in [4.69, 9.17) is 0 Å². The van der Waals surface area contributed by atoms with Gasteiger partial charge in [-0.05, 0) is 48.9 Å². The number of hydrogen-bond donors (Lipinski definition) is 1. The number of hydrogen-bond acceptors (Lipinski definition) is 5. The van der Waals surface area contributed by atoms with Gasteiger partial charge >= 0.3 is 0 Å². The fraction of sp³-hybridized carbons (Fsp3) is 0.0870. The maximum atomic E-state index is 15.1. The zero-order valence-corrected chi connectivity index (χ0v) is 17.1. The summed E-state index contributed by atoms with van der Waals surface area (Å²) >= 11 is 0. The summed E-state index contributed by atoms with van der Waals surface area (Å²) in [6.07, 6.45) is 5.23. The number of nitrogens with one attached hydrogen (secondary N) is 1. The van der Waals surface area contributed by atoms with Gasteiger partial charge in [0.05, 0.1) is 40.9 Å². The van der Waals surface area contributed by atoms with Gasteiger partial charge in [0, 0.05) is 29.4 Å². The smallest absolute Gasteiger partial charge is 0.134 e. The van der Waals surface area contributed by atoms with Gasteiger partial charge in [0.1, 0.15) is 11.3 Å². The maximum Gasteiger partial charge on any atom is 0.134 e. The Hall–Kier alpha value is -4.40. The zero-order valence-electron chi connectivity index (χ0n) is 17.1. The van der Waals surface area contributed by atoms with Crippen LogP contribution in [0.3, 0.4) is 0 Å². The summed E-state index contributed by atoms with van der Waals surface area (Å²) in [7, 11) is 0. The molecule has 0 aliphatic heterocycles. The molecule has 0 unspecified atom stereocenters. The standard InChI is InChI=1S/C23H17FN8/c1-14-2-4-16(25-11-14)13-31-22(6-7-27-31)18-9-23-21(10-19(18)24)29-30-32(23)17-5-3-15-12-26-28-20(15)8-17/h2-12H,13H2,1H3,(H,26,28). The first kappa shape index (κ1) is 18.4. The number of nitrogens with zero attached hydrogens (tertiary/aromatic N) is 7.